The fraction of sp³-hybridized carbons (Fsp3) is 0.167. The molecule has 2 aromatic carbocycles. The van der Waals surface area contributed by atoms with Gasteiger partial charge in [0, 0.05) is 11.0 Å². The van der Waals surface area contributed by atoms with E-state index < -0.39 is 23.5 Å². The van der Waals surface area contributed by atoms with Crippen LogP contribution >= 0.6 is 15.9 Å². The van der Waals surface area contributed by atoms with Gasteiger partial charge in [0.15, 0.2) is 0 Å². The molecule has 0 aliphatic carbocycles. The fourth-order valence-electron chi connectivity index (χ4n) is 2.47. The molecule has 0 aliphatic heterocycles. The molecule has 0 saturated heterocycles. The second-order valence-electron chi connectivity index (χ2n) is 5.62. The molecule has 0 radical (unpaired) electrons. The highest BCUT2D eigenvalue weighted by Gasteiger charge is 2.34. The number of hydrogen-bond acceptors (Lipinski definition) is 4. The predicted octanol–water partition coefficient (Wildman–Crippen LogP) is 4.17. The number of benzene rings is 2. The van der Waals surface area contributed by atoms with Crippen molar-refractivity contribution in [2.75, 3.05) is 0 Å². The standard InChI is InChI=1S/C18H12BrF3N2O3/c19-11-5-6-14-12(9-11)17(26)24(10-23-14)8-7-16(25)27-15-4-2-1-3-13(15)18(20,21)22/h1-6,9-10H,7-8H2. The molecule has 0 bridgehead atoms. The number of esters is 1. The van der Waals surface area contributed by atoms with E-state index in [1.54, 1.807) is 18.2 Å². The molecule has 140 valence electrons. The number of aryl methyl sites for hydroxylation is 1. The van der Waals surface area contributed by atoms with E-state index in [9.17, 15) is 22.8 Å². The molecule has 0 unspecified atom stereocenters. The van der Waals surface area contributed by atoms with Gasteiger partial charge in [0.1, 0.15) is 5.75 Å². The summed E-state index contributed by atoms with van der Waals surface area (Å²) < 4.78 is 45.6. The lowest BCUT2D eigenvalue weighted by Crippen LogP contribution is -2.23. The molecule has 1 aromatic heterocycles. The quantitative estimate of drug-likeness (QED) is 0.451. The minimum Gasteiger partial charge on any atom is -0.426 e. The van der Waals surface area contributed by atoms with Crippen LogP contribution in [0.3, 0.4) is 0 Å². The molecule has 3 aromatic rings. The monoisotopic (exact) mass is 440 g/mol. The van der Waals surface area contributed by atoms with Crippen LogP contribution in [0.5, 0.6) is 5.75 Å². The summed E-state index contributed by atoms with van der Waals surface area (Å²) in [6, 6.07) is 9.48. The molecule has 0 amide bonds. The molecule has 5 nitrogen and oxygen atoms in total. The molecule has 3 rings (SSSR count). The van der Waals surface area contributed by atoms with Crippen molar-refractivity contribution in [1.29, 1.82) is 0 Å². The first-order valence-electron chi connectivity index (χ1n) is 7.77. The van der Waals surface area contributed by atoms with E-state index in [-0.39, 0.29) is 18.5 Å². The molecule has 1 heterocycles. The van der Waals surface area contributed by atoms with Crippen molar-refractivity contribution >= 4 is 32.8 Å². The van der Waals surface area contributed by atoms with Crippen LogP contribution in [-0.4, -0.2) is 15.5 Å². The molecule has 0 spiro atoms. The summed E-state index contributed by atoms with van der Waals surface area (Å²) in [6.45, 7) is -0.0682. The number of nitrogens with zero attached hydrogens (tertiary/aromatic N) is 2. The number of rotatable bonds is 4. The van der Waals surface area contributed by atoms with Crippen molar-refractivity contribution in [3.8, 4) is 5.75 Å². The van der Waals surface area contributed by atoms with Gasteiger partial charge in [-0.2, -0.15) is 13.2 Å². The molecule has 9 heteroatoms. The predicted molar refractivity (Wildman–Crippen MR) is 95.4 cm³/mol. The number of aromatic nitrogens is 2. The van der Waals surface area contributed by atoms with Crippen LogP contribution < -0.4 is 10.3 Å². The first kappa shape index (κ1) is 19.1. The van der Waals surface area contributed by atoms with Gasteiger partial charge in [-0.15, -0.1) is 0 Å². The summed E-state index contributed by atoms with van der Waals surface area (Å²) in [4.78, 5) is 28.5. The molecule has 0 N–H and O–H groups in total. The SMILES string of the molecule is O=C(CCn1cnc2ccc(Br)cc2c1=O)Oc1ccccc1C(F)(F)F. The lowest BCUT2D eigenvalue weighted by Gasteiger charge is -2.12. The fourth-order valence-corrected chi connectivity index (χ4v) is 2.83. The Kier molecular flexibility index (Phi) is 5.31. The van der Waals surface area contributed by atoms with E-state index in [2.05, 4.69) is 20.9 Å². The highest BCUT2D eigenvalue weighted by molar-refractivity contribution is 9.10. The summed E-state index contributed by atoms with van der Waals surface area (Å²) in [6.07, 6.45) is -3.63. The Hall–Kier alpha value is -2.68. The van der Waals surface area contributed by atoms with E-state index in [4.69, 9.17) is 4.74 Å². The summed E-state index contributed by atoms with van der Waals surface area (Å²) in [5, 5.41) is 0.364. The maximum absolute atomic E-state index is 12.9. The van der Waals surface area contributed by atoms with Gasteiger partial charge in [-0.3, -0.25) is 14.2 Å². The van der Waals surface area contributed by atoms with Gasteiger partial charge in [-0.05, 0) is 30.3 Å². The average Bonchev–Trinajstić information content (AvgIpc) is 2.61. The third-order valence-corrected chi connectivity index (χ3v) is 4.25. The zero-order valence-corrected chi connectivity index (χ0v) is 15.3. The van der Waals surface area contributed by atoms with Gasteiger partial charge in [0.05, 0.1) is 29.2 Å². The Morgan fingerprint density at radius 1 is 1.19 bits per heavy atom. The van der Waals surface area contributed by atoms with E-state index in [1.807, 2.05) is 0 Å². The van der Waals surface area contributed by atoms with E-state index in [0.717, 1.165) is 12.1 Å². The van der Waals surface area contributed by atoms with Gasteiger partial charge in [-0.25, -0.2) is 4.98 Å². The number of carbonyl (C=O) groups is 1. The Labute approximate surface area is 159 Å². The zero-order valence-electron chi connectivity index (χ0n) is 13.7. The van der Waals surface area contributed by atoms with E-state index in [1.165, 1.54) is 23.0 Å². The lowest BCUT2D eigenvalue weighted by molar-refractivity contribution is -0.142. The van der Waals surface area contributed by atoms with E-state index >= 15 is 0 Å². The van der Waals surface area contributed by atoms with Crippen molar-refractivity contribution in [1.82, 2.24) is 9.55 Å². The second-order valence-corrected chi connectivity index (χ2v) is 6.54. The van der Waals surface area contributed by atoms with Gasteiger partial charge < -0.3 is 4.74 Å². The Bertz CT molecular complexity index is 1060. The number of para-hydroxylation sites is 1. The third-order valence-electron chi connectivity index (χ3n) is 3.76. The van der Waals surface area contributed by atoms with Crippen LogP contribution in [0.2, 0.25) is 0 Å². The van der Waals surface area contributed by atoms with Crippen LogP contribution in [0.1, 0.15) is 12.0 Å². The Morgan fingerprint density at radius 3 is 2.67 bits per heavy atom. The highest BCUT2D eigenvalue weighted by Crippen LogP contribution is 2.36. The number of ether oxygens (including phenoxy) is 1. The average molecular weight is 441 g/mol. The first-order valence-corrected chi connectivity index (χ1v) is 8.56. The zero-order chi connectivity index (χ0) is 19.6. The maximum Gasteiger partial charge on any atom is 0.419 e. The topological polar surface area (TPSA) is 61.2 Å². The van der Waals surface area contributed by atoms with Gasteiger partial charge in [0.25, 0.3) is 5.56 Å². The Balaban J connectivity index is 1.75. The summed E-state index contributed by atoms with van der Waals surface area (Å²) in [5.41, 5.74) is -0.890. The van der Waals surface area contributed by atoms with Gasteiger partial charge in [0.2, 0.25) is 0 Å². The normalized spacial score (nSPS) is 11.6. The van der Waals surface area contributed by atoms with Crippen molar-refractivity contribution < 1.29 is 22.7 Å². The van der Waals surface area contributed by atoms with Crippen molar-refractivity contribution in [2.24, 2.45) is 0 Å². The van der Waals surface area contributed by atoms with Crippen LogP contribution in [-0.2, 0) is 17.5 Å². The molecule has 0 fully saturated rings. The third kappa shape index (κ3) is 4.36. The minimum atomic E-state index is -4.64. The summed E-state index contributed by atoms with van der Waals surface area (Å²) in [5.74, 6) is -1.45. The molecule has 0 aliphatic rings. The molecular weight excluding hydrogens is 429 g/mol. The highest BCUT2D eigenvalue weighted by atomic mass is 79.9. The van der Waals surface area contributed by atoms with Crippen LogP contribution in [0.25, 0.3) is 10.9 Å². The van der Waals surface area contributed by atoms with Gasteiger partial charge in [-0.1, -0.05) is 28.1 Å². The van der Waals surface area contributed by atoms with Crippen LogP contribution in [0, 0.1) is 0 Å². The smallest absolute Gasteiger partial charge is 0.419 e. The summed E-state index contributed by atoms with van der Waals surface area (Å²) >= 11 is 3.27. The number of carbonyl (C=O) groups excluding carboxylic acids is 1. The molecule has 27 heavy (non-hydrogen) atoms. The largest absolute Gasteiger partial charge is 0.426 e. The van der Waals surface area contributed by atoms with Crippen molar-refractivity contribution in [3.63, 3.8) is 0 Å². The van der Waals surface area contributed by atoms with Crippen molar-refractivity contribution in [3.05, 3.63) is 69.2 Å². The first-order chi connectivity index (χ1) is 12.8. The molecule has 0 saturated carbocycles. The van der Waals surface area contributed by atoms with Crippen LogP contribution in [0.4, 0.5) is 13.2 Å². The second kappa shape index (κ2) is 7.51. The number of halogens is 4. The van der Waals surface area contributed by atoms with Crippen molar-refractivity contribution in [2.45, 2.75) is 19.1 Å². The lowest BCUT2D eigenvalue weighted by atomic mass is 10.2. The molecular formula is C18H12BrF3N2O3. The summed E-state index contributed by atoms with van der Waals surface area (Å²) in [7, 11) is 0. The van der Waals surface area contributed by atoms with Crippen LogP contribution in [0.15, 0.2) is 58.1 Å². The minimum absolute atomic E-state index is 0.0682. The number of alkyl halides is 3. The van der Waals surface area contributed by atoms with E-state index in [0.29, 0.717) is 15.4 Å². The Morgan fingerprint density at radius 2 is 1.93 bits per heavy atom. The maximum atomic E-state index is 12.9. The number of hydrogen-bond donors (Lipinski definition) is 0. The molecule has 0 atom stereocenters. The number of fused-ring (bicyclic) bond motifs is 1. The van der Waals surface area contributed by atoms with Gasteiger partial charge >= 0.3 is 12.1 Å².